The van der Waals surface area contributed by atoms with Gasteiger partial charge in [0.15, 0.2) is 0 Å². The van der Waals surface area contributed by atoms with Crippen LogP contribution in [0.1, 0.15) is 50.8 Å². The predicted octanol–water partition coefficient (Wildman–Crippen LogP) is 2.49. The van der Waals surface area contributed by atoms with Crippen LogP contribution in [0.2, 0.25) is 0 Å². The average Bonchev–Trinajstić information content (AvgIpc) is 2.46. The summed E-state index contributed by atoms with van der Waals surface area (Å²) in [6, 6.07) is 0.124. The number of methoxy groups -OCH3 is 2. The number of aromatic nitrogens is 2. The molecule has 0 bridgehead atoms. The molecular weight excluding hydrogens is 254 g/mol. The van der Waals surface area contributed by atoms with Crippen molar-refractivity contribution >= 4 is 0 Å². The lowest BCUT2D eigenvalue weighted by Gasteiger charge is -2.42. The maximum atomic E-state index is 5.75. The van der Waals surface area contributed by atoms with E-state index >= 15 is 0 Å². The van der Waals surface area contributed by atoms with Gasteiger partial charge in [0, 0.05) is 19.5 Å². The molecule has 0 spiro atoms. The Labute approximate surface area is 121 Å². The van der Waals surface area contributed by atoms with Crippen LogP contribution in [0.5, 0.6) is 5.88 Å². The van der Waals surface area contributed by atoms with E-state index in [0.717, 1.165) is 37.9 Å². The third kappa shape index (κ3) is 3.27. The molecule has 1 N–H and O–H groups in total. The van der Waals surface area contributed by atoms with Crippen LogP contribution in [0.15, 0.2) is 12.4 Å². The van der Waals surface area contributed by atoms with Crippen molar-refractivity contribution in [2.24, 2.45) is 0 Å². The Balaban J connectivity index is 2.18. The van der Waals surface area contributed by atoms with Crippen LogP contribution >= 0.6 is 0 Å². The lowest BCUT2D eigenvalue weighted by Crippen LogP contribution is -2.43. The third-order valence-electron chi connectivity index (χ3n) is 4.13. The van der Waals surface area contributed by atoms with Crippen molar-refractivity contribution in [1.29, 1.82) is 0 Å². The van der Waals surface area contributed by atoms with Crippen molar-refractivity contribution in [2.75, 3.05) is 20.8 Å². The van der Waals surface area contributed by atoms with E-state index in [1.54, 1.807) is 19.5 Å². The second kappa shape index (κ2) is 6.99. The summed E-state index contributed by atoms with van der Waals surface area (Å²) in [5.41, 5.74) is 0.875. The van der Waals surface area contributed by atoms with Gasteiger partial charge in [-0.3, -0.25) is 4.98 Å². The van der Waals surface area contributed by atoms with Crippen molar-refractivity contribution < 1.29 is 9.47 Å². The Kier molecular flexibility index (Phi) is 5.31. The van der Waals surface area contributed by atoms with Crippen LogP contribution < -0.4 is 10.1 Å². The minimum absolute atomic E-state index is 0.00601. The summed E-state index contributed by atoms with van der Waals surface area (Å²) in [5.74, 6) is 0.603. The maximum Gasteiger partial charge on any atom is 0.236 e. The molecule has 20 heavy (non-hydrogen) atoms. The molecule has 1 saturated carbocycles. The largest absolute Gasteiger partial charge is 0.480 e. The number of nitrogens with one attached hydrogen (secondary N) is 1. The van der Waals surface area contributed by atoms with Gasteiger partial charge in [0.05, 0.1) is 18.8 Å². The Morgan fingerprint density at radius 1 is 1.30 bits per heavy atom. The van der Waals surface area contributed by atoms with E-state index in [1.165, 1.54) is 6.42 Å². The van der Waals surface area contributed by atoms with E-state index in [2.05, 4.69) is 22.2 Å². The first kappa shape index (κ1) is 15.2. The van der Waals surface area contributed by atoms with Gasteiger partial charge in [0.2, 0.25) is 5.88 Å². The van der Waals surface area contributed by atoms with Crippen LogP contribution in [0, 0.1) is 0 Å². The van der Waals surface area contributed by atoms with Gasteiger partial charge in [-0.05, 0) is 38.6 Å². The van der Waals surface area contributed by atoms with Crippen LogP contribution in [-0.4, -0.2) is 36.3 Å². The first-order valence-corrected chi connectivity index (χ1v) is 7.38. The zero-order valence-electron chi connectivity index (χ0n) is 12.7. The molecule has 1 aliphatic rings. The molecular formula is C15H25N3O2. The lowest BCUT2D eigenvalue weighted by molar-refractivity contribution is -0.0841. The van der Waals surface area contributed by atoms with Gasteiger partial charge in [0.25, 0.3) is 0 Å². The zero-order valence-corrected chi connectivity index (χ0v) is 12.7. The minimum atomic E-state index is -0.00601. The second-order valence-corrected chi connectivity index (χ2v) is 5.40. The maximum absolute atomic E-state index is 5.75. The normalized spacial score (nSPS) is 18.4. The summed E-state index contributed by atoms with van der Waals surface area (Å²) in [5, 5.41) is 3.56. The molecule has 1 heterocycles. The van der Waals surface area contributed by atoms with Gasteiger partial charge in [0.1, 0.15) is 5.69 Å². The SMILES string of the molecule is CCCNC(CC1(OC)CCC1)c1nccnc1OC. The summed E-state index contributed by atoms with van der Waals surface area (Å²) in [6.45, 7) is 3.11. The van der Waals surface area contributed by atoms with Gasteiger partial charge >= 0.3 is 0 Å². The Morgan fingerprint density at radius 3 is 2.60 bits per heavy atom. The van der Waals surface area contributed by atoms with Crippen molar-refractivity contribution in [3.63, 3.8) is 0 Å². The Hall–Kier alpha value is -1.20. The number of hydrogen-bond donors (Lipinski definition) is 1. The van der Waals surface area contributed by atoms with Crippen LogP contribution in [0.3, 0.4) is 0 Å². The van der Waals surface area contributed by atoms with Gasteiger partial charge in [-0.15, -0.1) is 0 Å². The molecule has 5 nitrogen and oxygen atoms in total. The molecule has 0 radical (unpaired) electrons. The highest BCUT2D eigenvalue weighted by atomic mass is 16.5. The van der Waals surface area contributed by atoms with Crippen molar-refractivity contribution in [3.05, 3.63) is 18.1 Å². The third-order valence-corrected chi connectivity index (χ3v) is 4.13. The van der Waals surface area contributed by atoms with E-state index in [4.69, 9.17) is 9.47 Å². The minimum Gasteiger partial charge on any atom is -0.480 e. The molecule has 0 aliphatic heterocycles. The summed E-state index contributed by atoms with van der Waals surface area (Å²) >= 11 is 0. The first-order valence-electron chi connectivity index (χ1n) is 7.38. The van der Waals surface area contributed by atoms with Crippen LogP contribution in [0.25, 0.3) is 0 Å². The van der Waals surface area contributed by atoms with Crippen molar-refractivity contribution in [2.45, 2.75) is 50.7 Å². The number of rotatable bonds is 8. The predicted molar refractivity (Wildman–Crippen MR) is 77.8 cm³/mol. The Bertz CT molecular complexity index is 416. The lowest BCUT2D eigenvalue weighted by atomic mass is 9.75. The van der Waals surface area contributed by atoms with Gasteiger partial charge < -0.3 is 14.8 Å². The highest BCUT2D eigenvalue weighted by Crippen LogP contribution is 2.42. The average molecular weight is 279 g/mol. The first-order chi connectivity index (χ1) is 9.74. The standard InChI is InChI=1S/C15H25N3O2/c1-4-8-16-12(11-15(20-3)6-5-7-15)13-14(19-2)18-10-9-17-13/h9-10,12,16H,4-8,11H2,1-3H3. The van der Waals surface area contributed by atoms with Crippen molar-refractivity contribution in [3.8, 4) is 5.88 Å². The Morgan fingerprint density at radius 2 is 2.05 bits per heavy atom. The summed E-state index contributed by atoms with van der Waals surface area (Å²) in [4.78, 5) is 8.73. The van der Waals surface area contributed by atoms with E-state index in [-0.39, 0.29) is 11.6 Å². The topological polar surface area (TPSA) is 56.3 Å². The molecule has 0 amide bonds. The summed E-state index contributed by atoms with van der Waals surface area (Å²) < 4.78 is 11.1. The fourth-order valence-electron chi connectivity index (χ4n) is 2.75. The number of ether oxygens (including phenoxy) is 2. The van der Waals surface area contributed by atoms with Gasteiger partial charge in [-0.1, -0.05) is 6.92 Å². The summed E-state index contributed by atoms with van der Waals surface area (Å²) in [6.07, 6.45) is 8.86. The van der Waals surface area contributed by atoms with Crippen LogP contribution in [-0.2, 0) is 4.74 Å². The molecule has 1 aromatic rings. The fraction of sp³-hybridized carbons (Fsp3) is 0.733. The molecule has 0 saturated heterocycles. The zero-order chi connectivity index (χ0) is 14.4. The fourth-order valence-corrected chi connectivity index (χ4v) is 2.75. The molecule has 1 aliphatic carbocycles. The van der Waals surface area contributed by atoms with E-state index < -0.39 is 0 Å². The quantitative estimate of drug-likeness (QED) is 0.792. The van der Waals surface area contributed by atoms with Crippen molar-refractivity contribution in [1.82, 2.24) is 15.3 Å². The molecule has 2 rings (SSSR count). The molecule has 1 unspecified atom stereocenters. The molecule has 1 atom stereocenters. The number of hydrogen-bond acceptors (Lipinski definition) is 5. The number of nitrogens with zero attached hydrogens (tertiary/aromatic N) is 2. The summed E-state index contributed by atoms with van der Waals surface area (Å²) in [7, 11) is 3.45. The molecule has 5 heteroatoms. The second-order valence-electron chi connectivity index (χ2n) is 5.40. The van der Waals surface area contributed by atoms with E-state index in [0.29, 0.717) is 5.88 Å². The monoisotopic (exact) mass is 279 g/mol. The smallest absolute Gasteiger partial charge is 0.236 e. The van der Waals surface area contributed by atoms with Gasteiger partial charge in [-0.25, -0.2) is 4.98 Å². The molecule has 1 aromatic heterocycles. The highest BCUT2D eigenvalue weighted by molar-refractivity contribution is 5.22. The molecule has 0 aromatic carbocycles. The molecule has 1 fully saturated rings. The van der Waals surface area contributed by atoms with Crippen LogP contribution in [0.4, 0.5) is 0 Å². The molecule has 112 valence electrons. The highest BCUT2D eigenvalue weighted by Gasteiger charge is 2.40. The van der Waals surface area contributed by atoms with E-state index in [9.17, 15) is 0 Å². The van der Waals surface area contributed by atoms with Gasteiger partial charge in [-0.2, -0.15) is 0 Å². The van der Waals surface area contributed by atoms with E-state index in [1.807, 2.05) is 7.11 Å².